The number of aliphatic hydroxyl groups is 2. The van der Waals surface area contributed by atoms with Gasteiger partial charge in [0.15, 0.2) is 0 Å². The van der Waals surface area contributed by atoms with E-state index >= 15 is 0 Å². The standard InChI is InChI=1S/C27H50O5/c1-19(2)23-11-9-21(5)17-26(23,13-7-15-28)31-25(30)32-27(14-8-16-29)18-22(6)10-12-24(27)20(3)4/h19-24,28-29H,7-18H2,1-6H3. The molecular formula is C27H50O5. The molecule has 2 N–H and O–H groups in total. The van der Waals surface area contributed by atoms with Gasteiger partial charge in [0.05, 0.1) is 0 Å². The highest BCUT2D eigenvalue weighted by Gasteiger charge is 2.51. The fourth-order valence-electron chi connectivity index (χ4n) is 7.04. The van der Waals surface area contributed by atoms with Gasteiger partial charge in [-0.1, -0.05) is 54.4 Å². The zero-order valence-corrected chi connectivity index (χ0v) is 21.6. The van der Waals surface area contributed by atoms with E-state index in [4.69, 9.17) is 9.47 Å². The first-order valence-electron chi connectivity index (χ1n) is 13.2. The normalized spacial score (nSPS) is 35.8. The molecule has 6 unspecified atom stereocenters. The molecule has 0 amide bonds. The number of carbonyl (C=O) groups excluding carboxylic acids is 1. The Morgan fingerprint density at radius 1 is 0.781 bits per heavy atom. The van der Waals surface area contributed by atoms with Crippen LogP contribution >= 0.6 is 0 Å². The summed E-state index contributed by atoms with van der Waals surface area (Å²) in [5, 5.41) is 19.1. The third-order valence-electron chi connectivity index (χ3n) is 8.38. The van der Waals surface area contributed by atoms with E-state index in [-0.39, 0.29) is 25.0 Å². The second-order valence-electron chi connectivity index (χ2n) is 11.7. The fraction of sp³-hybridized carbons (Fsp3) is 0.963. The summed E-state index contributed by atoms with van der Waals surface area (Å²) in [4.78, 5) is 13.5. The average molecular weight is 455 g/mol. The number of aliphatic hydroxyl groups excluding tert-OH is 2. The summed E-state index contributed by atoms with van der Waals surface area (Å²) in [6.07, 6.45) is 8.12. The third-order valence-corrected chi connectivity index (χ3v) is 8.38. The molecule has 0 saturated heterocycles. The van der Waals surface area contributed by atoms with Gasteiger partial charge >= 0.3 is 6.16 Å². The molecule has 188 valence electrons. The van der Waals surface area contributed by atoms with Gasteiger partial charge in [-0.05, 0) is 75.0 Å². The van der Waals surface area contributed by atoms with Crippen molar-refractivity contribution in [3.63, 3.8) is 0 Å². The lowest BCUT2D eigenvalue weighted by Crippen LogP contribution is -2.53. The molecule has 2 aliphatic carbocycles. The van der Waals surface area contributed by atoms with Crippen LogP contribution in [-0.4, -0.2) is 40.8 Å². The van der Waals surface area contributed by atoms with Crippen LogP contribution < -0.4 is 0 Å². The van der Waals surface area contributed by atoms with Crippen molar-refractivity contribution in [3.05, 3.63) is 0 Å². The number of carbonyl (C=O) groups is 1. The van der Waals surface area contributed by atoms with Crippen molar-refractivity contribution in [2.75, 3.05) is 13.2 Å². The Labute approximate surface area is 196 Å². The van der Waals surface area contributed by atoms with Crippen molar-refractivity contribution in [1.82, 2.24) is 0 Å². The molecule has 0 spiro atoms. The van der Waals surface area contributed by atoms with Crippen LogP contribution in [0.4, 0.5) is 4.79 Å². The van der Waals surface area contributed by atoms with E-state index < -0.39 is 17.4 Å². The Bertz CT molecular complexity index is 528. The minimum absolute atomic E-state index is 0.104. The molecule has 0 aliphatic heterocycles. The van der Waals surface area contributed by atoms with E-state index in [1.807, 2.05) is 0 Å². The van der Waals surface area contributed by atoms with E-state index in [1.54, 1.807) is 0 Å². The predicted octanol–water partition coefficient (Wildman–Crippen LogP) is 6.35. The third kappa shape index (κ3) is 6.62. The fourth-order valence-corrected chi connectivity index (χ4v) is 7.04. The molecule has 0 radical (unpaired) electrons. The Kier molecular flexibility index (Phi) is 10.3. The Morgan fingerprint density at radius 3 is 1.47 bits per heavy atom. The summed E-state index contributed by atoms with van der Waals surface area (Å²) in [6, 6.07) is 0. The van der Waals surface area contributed by atoms with Crippen LogP contribution in [0.1, 0.15) is 106 Å². The summed E-state index contributed by atoms with van der Waals surface area (Å²) in [6.45, 7) is 13.5. The maximum atomic E-state index is 13.5. The second-order valence-corrected chi connectivity index (χ2v) is 11.7. The molecule has 2 aliphatic rings. The smallest absolute Gasteiger partial charge is 0.427 e. The summed E-state index contributed by atoms with van der Waals surface area (Å²) >= 11 is 0. The molecule has 0 aromatic carbocycles. The van der Waals surface area contributed by atoms with Gasteiger partial charge in [-0.25, -0.2) is 4.79 Å². The van der Waals surface area contributed by atoms with Gasteiger partial charge in [0.1, 0.15) is 11.2 Å². The molecule has 2 rings (SSSR count). The molecule has 0 heterocycles. The van der Waals surface area contributed by atoms with Gasteiger partial charge in [-0.2, -0.15) is 0 Å². The topological polar surface area (TPSA) is 76.0 Å². The summed E-state index contributed by atoms with van der Waals surface area (Å²) in [5.74, 6) is 2.32. The van der Waals surface area contributed by atoms with E-state index in [2.05, 4.69) is 41.5 Å². The lowest BCUT2D eigenvalue weighted by Gasteiger charge is -2.50. The molecule has 0 aromatic heterocycles. The molecule has 5 heteroatoms. The SMILES string of the molecule is CC1CCC(C(C)C)C(CCCO)(OC(=O)OC2(CCCO)CC(C)CCC2C(C)C)C1. The number of ether oxygens (including phenoxy) is 2. The summed E-state index contributed by atoms with van der Waals surface area (Å²) in [5.41, 5.74) is -1.14. The van der Waals surface area contributed by atoms with E-state index in [0.717, 1.165) is 38.5 Å². The van der Waals surface area contributed by atoms with Crippen LogP contribution in [0.3, 0.4) is 0 Å². The Morgan fingerprint density at radius 2 is 1.16 bits per heavy atom. The summed E-state index contributed by atoms with van der Waals surface area (Å²) in [7, 11) is 0. The maximum absolute atomic E-state index is 13.5. The zero-order valence-electron chi connectivity index (χ0n) is 21.6. The van der Waals surface area contributed by atoms with Crippen molar-refractivity contribution >= 4 is 6.16 Å². The van der Waals surface area contributed by atoms with Crippen LogP contribution in [0, 0.1) is 35.5 Å². The monoisotopic (exact) mass is 454 g/mol. The number of rotatable bonds is 10. The van der Waals surface area contributed by atoms with Gasteiger partial charge in [-0.3, -0.25) is 0 Å². The van der Waals surface area contributed by atoms with Crippen LogP contribution in [0.25, 0.3) is 0 Å². The van der Waals surface area contributed by atoms with E-state index in [9.17, 15) is 15.0 Å². The Balaban J connectivity index is 2.31. The first-order chi connectivity index (χ1) is 15.1. The molecule has 5 nitrogen and oxygen atoms in total. The molecule has 2 saturated carbocycles. The van der Waals surface area contributed by atoms with Crippen molar-refractivity contribution < 1.29 is 24.5 Å². The molecule has 0 bridgehead atoms. The van der Waals surface area contributed by atoms with Crippen molar-refractivity contribution in [2.24, 2.45) is 35.5 Å². The van der Waals surface area contributed by atoms with Gasteiger partial charge in [0.25, 0.3) is 0 Å². The van der Waals surface area contributed by atoms with Crippen LogP contribution in [-0.2, 0) is 9.47 Å². The van der Waals surface area contributed by atoms with Crippen molar-refractivity contribution in [2.45, 2.75) is 117 Å². The highest BCUT2D eigenvalue weighted by atomic mass is 16.7. The molecular weight excluding hydrogens is 404 g/mol. The highest BCUT2D eigenvalue weighted by Crippen LogP contribution is 2.49. The van der Waals surface area contributed by atoms with Crippen LogP contribution in [0.5, 0.6) is 0 Å². The number of hydrogen-bond acceptors (Lipinski definition) is 5. The van der Waals surface area contributed by atoms with Gasteiger partial charge < -0.3 is 19.7 Å². The van der Waals surface area contributed by atoms with Crippen LogP contribution in [0.2, 0.25) is 0 Å². The molecule has 0 aromatic rings. The Hall–Kier alpha value is -0.810. The van der Waals surface area contributed by atoms with Gasteiger partial charge in [0.2, 0.25) is 0 Å². The maximum Gasteiger partial charge on any atom is 0.509 e. The van der Waals surface area contributed by atoms with E-state index in [1.165, 1.54) is 0 Å². The van der Waals surface area contributed by atoms with E-state index in [0.29, 0.717) is 49.4 Å². The van der Waals surface area contributed by atoms with Gasteiger partial charge in [0, 0.05) is 25.0 Å². The number of hydrogen-bond donors (Lipinski definition) is 2. The van der Waals surface area contributed by atoms with Crippen LogP contribution in [0.15, 0.2) is 0 Å². The minimum atomic E-state index is -0.572. The minimum Gasteiger partial charge on any atom is -0.427 e. The predicted molar refractivity (Wildman–Crippen MR) is 128 cm³/mol. The average Bonchev–Trinajstić information content (AvgIpc) is 2.70. The second kappa shape index (κ2) is 12.1. The van der Waals surface area contributed by atoms with Crippen molar-refractivity contribution in [3.8, 4) is 0 Å². The lowest BCUT2D eigenvalue weighted by molar-refractivity contribution is -0.161. The first-order valence-corrected chi connectivity index (χ1v) is 13.2. The molecule has 32 heavy (non-hydrogen) atoms. The molecule has 6 atom stereocenters. The van der Waals surface area contributed by atoms with Crippen molar-refractivity contribution in [1.29, 1.82) is 0 Å². The lowest BCUT2D eigenvalue weighted by atomic mass is 9.65. The first kappa shape index (κ1) is 27.4. The zero-order chi connectivity index (χ0) is 23.9. The molecule has 2 fully saturated rings. The highest BCUT2D eigenvalue weighted by molar-refractivity contribution is 5.61. The van der Waals surface area contributed by atoms with Gasteiger partial charge in [-0.15, -0.1) is 0 Å². The quantitative estimate of drug-likeness (QED) is 0.376. The largest absolute Gasteiger partial charge is 0.509 e. The summed E-state index contributed by atoms with van der Waals surface area (Å²) < 4.78 is 12.7.